The van der Waals surface area contributed by atoms with Crippen molar-refractivity contribution in [3.05, 3.63) is 48.0 Å². The van der Waals surface area contributed by atoms with E-state index in [1.807, 2.05) is 0 Å². The maximum absolute atomic E-state index is 6.25. The molecule has 1 aliphatic heterocycles. The van der Waals surface area contributed by atoms with Crippen molar-refractivity contribution in [3.8, 4) is 0 Å². The Morgan fingerprint density at radius 1 is 1.00 bits per heavy atom. The summed E-state index contributed by atoms with van der Waals surface area (Å²) < 4.78 is 6.25. The van der Waals surface area contributed by atoms with Crippen LogP contribution in [0.15, 0.2) is 42.5 Å². The molecule has 2 fully saturated rings. The molecular formula is C18H21NO. The highest BCUT2D eigenvalue weighted by Crippen LogP contribution is 2.33. The number of rotatable bonds is 1. The van der Waals surface area contributed by atoms with Gasteiger partial charge in [0.2, 0.25) is 0 Å². The van der Waals surface area contributed by atoms with Gasteiger partial charge in [-0.1, -0.05) is 48.9 Å². The van der Waals surface area contributed by atoms with Gasteiger partial charge in [0.15, 0.2) is 0 Å². The van der Waals surface area contributed by atoms with Crippen molar-refractivity contribution in [2.24, 2.45) is 5.92 Å². The first kappa shape index (κ1) is 12.4. The van der Waals surface area contributed by atoms with Crippen molar-refractivity contribution in [1.29, 1.82) is 0 Å². The van der Waals surface area contributed by atoms with Crippen LogP contribution >= 0.6 is 0 Å². The summed E-state index contributed by atoms with van der Waals surface area (Å²) in [7, 11) is 0. The Hall–Kier alpha value is -1.38. The lowest BCUT2D eigenvalue weighted by Crippen LogP contribution is -2.32. The minimum Gasteiger partial charge on any atom is -0.372 e. The third-order valence-electron chi connectivity index (χ3n) is 4.91. The molecule has 0 spiro atoms. The Kier molecular flexibility index (Phi) is 3.21. The third-order valence-corrected chi connectivity index (χ3v) is 4.91. The quantitative estimate of drug-likeness (QED) is 0.851. The summed E-state index contributed by atoms with van der Waals surface area (Å²) in [5, 5.41) is 6.36. The van der Waals surface area contributed by atoms with Crippen LogP contribution in [0.4, 0.5) is 0 Å². The van der Waals surface area contributed by atoms with Crippen molar-refractivity contribution >= 4 is 10.8 Å². The predicted molar refractivity (Wildman–Crippen MR) is 81.8 cm³/mol. The largest absolute Gasteiger partial charge is 0.372 e. The van der Waals surface area contributed by atoms with E-state index < -0.39 is 0 Å². The molecule has 2 aromatic carbocycles. The fourth-order valence-electron chi connectivity index (χ4n) is 3.79. The summed E-state index contributed by atoms with van der Waals surface area (Å²) in [6.45, 7) is 1.85. The van der Waals surface area contributed by atoms with E-state index in [0.29, 0.717) is 6.04 Å². The van der Waals surface area contributed by atoms with E-state index in [1.54, 1.807) is 0 Å². The molecule has 1 aliphatic carbocycles. The van der Waals surface area contributed by atoms with Gasteiger partial charge in [0, 0.05) is 12.6 Å². The van der Waals surface area contributed by atoms with Gasteiger partial charge in [-0.15, -0.1) is 0 Å². The minimum atomic E-state index is 0.187. The summed E-state index contributed by atoms with van der Waals surface area (Å²) in [6.07, 6.45) is 4.17. The first-order valence-electron chi connectivity index (χ1n) is 7.74. The Morgan fingerprint density at radius 3 is 2.90 bits per heavy atom. The van der Waals surface area contributed by atoms with Crippen LogP contribution in [0.2, 0.25) is 0 Å². The number of nitrogens with one attached hydrogen (secondary N) is 1. The van der Waals surface area contributed by atoms with Crippen LogP contribution in [0.25, 0.3) is 10.8 Å². The average Bonchev–Trinajstić information content (AvgIpc) is 2.86. The second-order valence-corrected chi connectivity index (χ2v) is 6.10. The molecule has 104 valence electrons. The highest BCUT2D eigenvalue weighted by Gasteiger charge is 2.31. The van der Waals surface area contributed by atoms with Gasteiger partial charge >= 0.3 is 0 Å². The summed E-state index contributed by atoms with van der Waals surface area (Å²) in [6, 6.07) is 15.8. The van der Waals surface area contributed by atoms with E-state index in [4.69, 9.17) is 4.74 Å². The molecule has 2 nitrogen and oxygen atoms in total. The molecule has 0 aromatic heterocycles. The Bertz CT molecular complexity index is 590. The SMILES string of the molecule is c1ccc2c(C3CNC4CCCC4CO3)cccc2c1. The number of hydrogen-bond donors (Lipinski definition) is 1. The second kappa shape index (κ2) is 5.19. The zero-order valence-electron chi connectivity index (χ0n) is 11.7. The zero-order chi connectivity index (χ0) is 13.4. The first-order valence-corrected chi connectivity index (χ1v) is 7.74. The van der Waals surface area contributed by atoms with Gasteiger partial charge < -0.3 is 10.1 Å². The fraction of sp³-hybridized carbons (Fsp3) is 0.444. The van der Waals surface area contributed by atoms with Crippen molar-refractivity contribution in [2.45, 2.75) is 31.4 Å². The fourth-order valence-corrected chi connectivity index (χ4v) is 3.79. The molecule has 0 amide bonds. The van der Waals surface area contributed by atoms with E-state index >= 15 is 0 Å². The molecule has 1 saturated carbocycles. The monoisotopic (exact) mass is 267 g/mol. The summed E-state index contributed by atoms with van der Waals surface area (Å²) in [5.41, 5.74) is 1.33. The van der Waals surface area contributed by atoms with Gasteiger partial charge in [-0.2, -0.15) is 0 Å². The van der Waals surface area contributed by atoms with Crippen LogP contribution in [0, 0.1) is 5.92 Å². The molecule has 2 aromatic rings. The highest BCUT2D eigenvalue weighted by atomic mass is 16.5. The van der Waals surface area contributed by atoms with E-state index in [9.17, 15) is 0 Å². The molecule has 2 heteroatoms. The molecule has 3 atom stereocenters. The molecular weight excluding hydrogens is 246 g/mol. The van der Waals surface area contributed by atoms with Crippen molar-refractivity contribution in [2.75, 3.05) is 13.2 Å². The molecule has 3 unspecified atom stereocenters. The standard InChI is InChI=1S/C18H21NO/c1-2-8-15-13(5-1)6-3-9-16(15)18-11-19-17-10-4-7-14(17)12-20-18/h1-3,5-6,8-9,14,17-19H,4,7,10-12H2. The number of ether oxygens (including phenoxy) is 1. The maximum atomic E-state index is 6.25. The third kappa shape index (κ3) is 2.13. The molecule has 0 radical (unpaired) electrons. The maximum Gasteiger partial charge on any atom is 0.0955 e. The number of hydrogen-bond acceptors (Lipinski definition) is 2. The molecule has 4 rings (SSSR count). The summed E-state index contributed by atoms with van der Waals surface area (Å²) in [4.78, 5) is 0. The Labute approximate surface area is 120 Å². The highest BCUT2D eigenvalue weighted by molar-refractivity contribution is 5.86. The molecule has 20 heavy (non-hydrogen) atoms. The lowest BCUT2D eigenvalue weighted by Gasteiger charge is -2.18. The van der Waals surface area contributed by atoms with Crippen molar-refractivity contribution in [1.82, 2.24) is 5.32 Å². The number of fused-ring (bicyclic) bond motifs is 2. The van der Waals surface area contributed by atoms with Crippen LogP contribution in [0.3, 0.4) is 0 Å². The van der Waals surface area contributed by atoms with Crippen molar-refractivity contribution < 1.29 is 4.74 Å². The van der Waals surface area contributed by atoms with Crippen LogP contribution < -0.4 is 5.32 Å². The molecule has 1 N–H and O–H groups in total. The second-order valence-electron chi connectivity index (χ2n) is 6.10. The first-order chi connectivity index (χ1) is 9.92. The molecule has 0 bridgehead atoms. The Morgan fingerprint density at radius 2 is 1.90 bits per heavy atom. The predicted octanol–water partition coefficient (Wildman–Crippen LogP) is 3.67. The lowest BCUT2D eigenvalue weighted by molar-refractivity contribution is 0.0482. The topological polar surface area (TPSA) is 21.3 Å². The average molecular weight is 267 g/mol. The normalized spacial score (nSPS) is 30.1. The van der Waals surface area contributed by atoms with Gasteiger partial charge in [0.05, 0.1) is 12.7 Å². The molecule has 2 aliphatic rings. The van der Waals surface area contributed by atoms with Gasteiger partial charge in [0.1, 0.15) is 0 Å². The van der Waals surface area contributed by atoms with E-state index in [2.05, 4.69) is 47.8 Å². The minimum absolute atomic E-state index is 0.187. The van der Waals surface area contributed by atoms with Crippen LogP contribution in [0.5, 0.6) is 0 Å². The summed E-state index contributed by atoms with van der Waals surface area (Å²) in [5.74, 6) is 0.718. The smallest absolute Gasteiger partial charge is 0.0955 e. The van der Waals surface area contributed by atoms with E-state index in [1.165, 1.54) is 35.6 Å². The zero-order valence-corrected chi connectivity index (χ0v) is 11.7. The van der Waals surface area contributed by atoms with Crippen LogP contribution in [-0.2, 0) is 4.74 Å². The molecule has 1 saturated heterocycles. The van der Waals surface area contributed by atoms with Gasteiger partial charge in [0.25, 0.3) is 0 Å². The van der Waals surface area contributed by atoms with E-state index in [0.717, 1.165) is 19.1 Å². The lowest BCUT2D eigenvalue weighted by atomic mass is 10.0. The van der Waals surface area contributed by atoms with Crippen LogP contribution in [-0.4, -0.2) is 19.2 Å². The van der Waals surface area contributed by atoms with Gasteiger partial charge in [-0.3, -0.25) is 0 Å². The number of benzene rings is 2. The Balaban J connectivity index is 1.66. The van der Waals surface area contributed by atoms with Crippen molar-refractivity contribution in [3.63, 3.8) is 0 Å². The summed E-state index contributed by atoms with van der Waals surface area (Å²) >= 11 is 0. The van der Waals surface area contributed by atoms with Gasteiger partial charge in [-0.05, 0) is 35.1 Å². The van der Waals surface area contributed by atoms with Gasteiger partial charge in [-0.25, -0.2) is 0 Å². The molecule has 1 heterocycles. The van der Waals surface area contributed by atoms with Crippen LogP contribution in [0.1, 0.15) is 30.9 Å². The van der Waals surface area contributed by atoms with E-state index in [-0.39, 0.29) is 6.10 Å².